The number of nitrogens with one attached hydrogen (secondary N) is 1. The van der Waals surface area contributed by atoms with Crippen LogP contribution in [0, 0.1) is 5.41 Å². The summed E-state index contributed by atoms with van der Waals surface area (Å²) in [5, 5.41) is 4.04. The van der Waals surface area contributed by atoms with E-state index in [9.17, 15) is 4.79 Å². The fraction of sp³-hybridized carbons (Fsp3) is 0.412. The fourth-order valence-electron chi connectivity index (χ4n) is 3.16. The predicted molar refractivity (Wildman–Crippen MR) is 84.0 cm³/mol. The van der Waals surface area contributed by atoms with Crippen LogP contribution in [0.3, 0.4) is 0 Å². The van der Waals surface area contributed by atoms with Gasteiger partial charge in [0.05, 0.1) is 5.52 Å². The zero-order valence-electron chi connectivity index (χ0n) is 12.1. The first kappa shape index (κ1) is 14.0. The van der Waals surface area contributed by atoms with E-state index < -0.39 is 0 Å². The molecule has 0 bridgehead atoms. The Labute approximate surface area is 124 Å². The van der Waals surface area contributed by atoms with Crippen molar-refractivity contribution >= 4 is 16.8 Å². The molecule has 1 heterocycles. The van der Waals surface area contributed by atoms with Crippen LogP contribution in [-0.2, 0) is 0 Å². The van der Waals surface area contributed by atoms with Gasteiger partial charge in [-0.1, -0.05) is 18.9 Å². The Morgan fingerprint density at radius 2 is 2.10 bits per heavy atom. The lowest BCUT2D eigenvalue weighted by molar-refractivity contribution is 0.0932. The zero-order valence-corrected chi connectivity index (χ0v) is 12.1. The summed E-state index contributed by atoms with van der Waals surface area (Å²) in [5.41, 5.74) is 7.60. The highest BCUT2D eigenvalue weighted by Crippen LogP contribution is 2.36. The van der Waals surface area contributed by atoms with Crippen molar-refractivity contribution in [2.75, 3.05) is 13.1 Å². The number of hydrogen-bond donors (Lipinski definition) is 2. The number of carbonyl (C=O) groups is 1. The van der Waals surface area contributed by atoms with Crippen LogP contribution < -0.4 is 11.1 Å². The standard InChI is InChI=1S/C17H21N3O/c18-11-17(7-1-2-8-17)12-20-16(21)14-5-6-15-13(10-14)4-3-9-19-15/h3-6,9-10H,1-2,7-8,11-12,18H2,(H,20,21). The topological polar surface area (TPSA) is 68.0 Å². The van der Waals surface area contributed by atoms with Gasteiger partial charge in [-0.15, -0.1) is 0 Å². The molecule has 1 aliphatic rings. The highest BCUT2D eigenvalue weighted by Gasteiger charge is 2.32. The smallest absolute Gasteiger partial charge is 0.251 e. The summed E-state index contributed by atoms with van der Waals surface area (Å²) in [6.45, 7) is 1.32. The minimum atomic E-state index is -0.0273. The number of nitrogens with zero attached hydrogens (tertiary/aromatic N) is 1. The molecule has 1 fully saturated rings. The molecular formula is C17H21N3O. The number of aromatic nitrogens is 1. The molecule has 0 aliphatic heterocycles. The van der Waals surface area contributed by atoms with Gasteiger partial charge >= 0.3 is 0 Å². The third-order valence-electron chi connectivity index (χ3n) is 4.59. The van der Waals surface area contributed by atoms with E-state index in [2.05, 4.69) is 10.3 Å². The van der Waals surface area contributed by atoms with Crippen molar-refractivity contribution in [1.29, 1.82) is 0 Å². The maximum atomic E-state index is 12.3. The molecule has 0 spiro atoms. The van der Waals surface area contributed by atoms with E-state index in [1.165, 1.54) is 12.8 Å². The third kappa shape index (κ3) is 2.90. The van der Waals surface area contributed by atoms with Gasteiger partial charge in [-0.05, 0) is 49.1 Å². The van der Waals surface area contributed by atoms with Crippen molar-refractivity contribution in [3.8, 4) is 0 Å². The number of amides is 1. The summed E-state index contributed by atoms with van der Waals surface area (Å²) in [5.74, 6) is -0.0273. The minimum Gasteiger partial charge on any atom is -0.351 e. The van der Waals surface area contributed by atoms with Crippen LogP contribution in [0.1, 0.15) is 36.0 Å². The molecule has 1 aromatic heterocycles. The Hall–Kier alpha value is -1.94. The maximum Gasteiger partial charge on any atom is 0.251 e. The maximum absolute atomic E-state index is 12.3. The SMILES string of the molecule is NCC1(CNC(=O)c2ccc3ncccc3c2)CCCC1. The lowest BCUT2D eigenvalue weighted by Gasteiger charge is -2.27. The summed E-state index contributed by atoms with van der Waals surface area (Å²) in [6, 6.07) is 9.46. The van der Waals surface area contributed by atoms with Crippen molar-refractivity contribution in [1.82, 2.24) is 10.3 Å². The van der Waals surface area contributed by atoms with Gasteiger partial charge in [-0.3, -0.25) is 9.78 Å². The van der Waals surface area contributed by atoms with E-state index in [0.29, 0.717) is 18.7 Å². The Bertz CT molecular complexity index is 647. The molecule has 1 aliphatic carbocycles. The van der Waals surface area contributed by atoms with E-state index >= 15 is 0 Å². The van der Waals surface area contributed by atoms with E-state index in [4.69, 9.17) is 5.73 Å². The zero-order chi connectivity index (χ0) is 14.7. The van der Waals surface area contributed by atoms with E-state index in [0.717, 1.165) is 23.7 Å². The van der Waals surface area contributed by atoms with Crippen LogP contribution in [0.2, 0.25) is 0 Å². The first-order valence-electron chi connectivity index (χ1n) is 7.56. The van der Waals surface area contributed by atoms with Crippen LogP contribution in [0.4, 0.5) is 0 Å². The van der Waals surface area contributed by atoms with Gasteiger partial charge < -0.3 is 11.1 Å². The molecule has 0 unspecified atom stereocenters. The molecule has 110 valence electrons. The second kappa shape index (κ2) is 5.82. The molecule has 1 aromatic carbocycles. The van der Waals surface area contributed by atoms with Crippen LogP contribution in [0.25, 0.3) is 10.9 Å². The van der Waals surface area contributed by atoms with Gasteiger partial charge in [-0.25, -0.2) is 0 Å². The van der Waals surface area contributed by atoms with Crippen molar-refractivity contribution in [2.45, 2.75) is 25.7 Å². The number of benzene rings is 1. The van der Waals surface area contributed by atoms with Crippen molar-refractivity contribution < 1.29 is 4.79 Å². The molecule has 4 nitrogen and oxygen atoms in total. The number of pyridine rings is 1. The first-order chi connectivity index (χ1) is 10.2. The first-order valence-corrected chi connectivity index (χ1v) is 7.56. The number of hydrogen-bond acceptors (Lipinski definition) is 3. The van der Waals surface area contributed by atoms with Crippen LogP contribution in [0.5, 0.6) is 0 Å². The predicted octanol–water partition coefficient (Wildman–Crippen LogP) is 2.48. The number of nitrogens with two attached hydrogens (primary N) is 1. The molecule has 0 radical (unpaired) electrons. The Morgan fingerprint density at radius 3 is 2.86 bits per heavy atom. The van der Waals surface area contributed by atoms with Gasteiger partial charge in [0.25, 0.3) is 5.91 Å². The van der Waals surface area contributed by atoms with Gasteiger partial charge in [0.2, 0.25) is 0 Å². The molecule has 21 heavy (non-hydrogen) atoms. The van der Waals surface area contributed by atoms with Crippen LogP contribution in [-0.4, -0.2) is 24.0 Å². The summed E-state index contributed by atoms with van der Waals surface area (Å²) in [6.07, 6.45) is 6.42. The van der Waals surface area contributed by atoms with E-state index in [1.807, 2.05) is 30.3 Å². The summed E-state index contributed by atoms with van der Waals surface area (Å²) < 4.78 is 0. The molecule has 0 saturated heterocycles. The van der Waals surface area contributed by atoms with Gasteiger partial charge in [0.15, 0.2) is 0 Å². The molecule has 1 saturated carbocycles. The molecule has 0 atom stereocenters. The van der Waals surface area contributed by atoms with Crippen molar-refractivity contribution in [2.24, 2.45) is 11.1 Å². The van der Waals surface area contributed by atoms with E-state index in [1.54, 1.807) is 6.20 Å². The normalized spacial score (nSPS) is 17.0. The van der Waals surface area contributed by atoms with Crippen molar-refractivity contribution in [3.05, 3.63) is 42.1 Å². The number of rotatable bonds is 4. The van der Waals surface area contributed by atoms with Gasteiger partial charge in [0.1, 0.15) is 0 Å². The van der Waals surface area contributed by atoms with Gasteiger partial charge in [0, 0.05) is 23.7 Å². The molecule has 2 aromatic rings. The summed E-state index contributed by atoms with van der Waals surface area (Å²) in [7, 11) is 0. The fourth-order valence-corrected chi connectivity index (χ4v) is 3.16. The third-order valence-corrected chi connectivity index (χ3v) is 4.59. The molecule has 1 amide bonds. The average Bonchev–Trinajstić information content (AvgIpc) is 3.01. The molecule has 3 rings (SSSR count). The summed E-state index contributed by atoms with van der Waals surface area (Å²) in [4.78, 5) is 16.6. The van der Waals surface area contributed by atoms with E-state index in [-0.39, 0.29) is 11.3 Å². The van der Waals surface area contributed by atoms with Gasteiger partial charge in [-0.2, -0.15) is 0 Å². The second-order valence-electron chi connectivity index (χ2n) is 6.00. The molecule has 4 heteroatoms. The number of carbonyl (C=O) groups excluding carboxylic acids is 1. The Morgan fingerprint density at radius 1 is 1.29 bits per heavy atom. The van der Waals surface area contributed by atoms with Crippen LogP contribution >= 0.6 is 0 Å². The molecular weight excluding hydrogens is 262 g/mol. The monoisotopic (exact) mass is 283 g/mol. The lowest BCUT2D eigenvalue weighted by atomic mass is 9.86. The Kier molecular flexibility index (Phi) is 3.88. The minimum absolute atomic E-state index is 0.0273. The summed E-state index contributed by atoms with van der Waals surface area (Å²) >= 11 is 0. The largest absolute Gasteiger partial charge is 0.351 e. The van der Waals surface area contributed by atoms with Crippen LogP contribution in [0.15, 0.2) is 36.5 Å². The molecule has 3 N–H and O–H groups in total. The highest BCUT2D eigenvalue weighted by molar-refractivity contribution is 5.97. The second-order valence-corrected chi connectivity index (χ2v) is 6.00. The Balaban J connectivity index is 1.71. The van der Waals surface area contributed by atoms with Crippen molar-refractivity contribution in [3.63, 3.8) is 0 Å². The lowest BCUT2D eigenvalue weighted by Crippen LogP contribution is -2.40. The highest BCUT2D eigenvalue weighted by atomic mass is 16.1. The number of fused-ring (bicyclic) bond motifs is 1. The quantitative estimate of drug-likeness (QED) is 0.905. The average molecular weight is 283 g/mol.